The fourth-order valence-electron chi connectivity index (χ4n) is 3.57. The SMILES string of the molecule is CCNC(=O)c1ccc(NC2CCN3CCC2C3)c(C)c1. The number of nitrogens with one attached hydrogen (secondary N) is 2. The molecule has 2 aliphatic rings. The molecule has 3 atom stereocenters. The molecule has 4 nitrogen and oxygen atoms in total. The van der Waals surface area contributed by atoms with Crippen LogP contribution in [-0.2, 0) is 0 Å². The predicted octanol–water partition coefficient (Wildman–Crippen LogP) is 2.25. The number of hydrogen-bond acceptors (Lipinski definition) is 3. The van der Waals surface area contributed by atoms with E-state index in [1.807, 2.05) is 19.1 Å². The van der Waals surface area contributed by atoms with Gasteiger partial charge >= 0.3 is 0 Å². The van der Waals surface area contributed by atoms with Crippen molar-refractivity contribution in [1.29, 1.82) is 0 Å². The molecule has 0 saturated carbocycles. The van der Waals surface area contributed by atoms with Crippen LogP contribution < -0.4 is 10.6 Å². The molecule has 2 N–H and O–H groups in total. The highest BCUT2D eigenvalue weighted by atomic mass is 16.1. The fraction of sp³-hybridized carbons (Fsp3) is 0.588. The van der Waals surface area contributed by atoms with Gasteiger partial charge in [-0.1, -0.05) is 0 Å². The van der Waals surface area contributed by atoms with Crippen LogP contribution in [0.5, 0.6) is 0 Å². The summed E-state index contributed by atoms with van der Waals surface area (Å²) in [4.78, 5) is 14.4. The lowest BCUT2D eigenvalue weighted by Crippen LogP contribution is -2.39. The molecule has 0 spiro atoms. The molecule has 0 aromatic heterocycles. The largest absolute Gasteiger partial charge is 0.382 e. The second kappa shape index (κ2) is 6.06. The molecule has 4 heteroatoms. The topological polar surface area (TPSA) is 44.4 Å². The Morgan fingerprint density at radius 2 is 2.14 bits per heavy atom. The molecule has 0 aliphatic carbocycles. The Bertz CT molecular complexity index is 529. The molecule has 2 fully saturated rings. The molecule has 21 heavy (non-hydrogen) atoms. The third-order valence-corrected chi connectivity index (χ3v) is 4.80. The Balaban J connectivity index is 1.69. The predicted molar refractivity (Wildman–Crippen MR) is 85.8 cm³/mol. The van der Waals surface area contributed by atoms with Crippen molar-refractivity contribution in [3.05, 3.63) is 29.3 Å². The molecule has 2 bridgehead atoms. The van der Waals surface area contributed by atoms with Gasteiger partial charge in [-0.05, 0) is 62.9 Å². The average Bonchev–Trinajstić information content (AvgIpc) is 2.86. The van der Waals surface area contributed by atoms with Gasteiger partial charge in [0.05, 0.1) is 0 Å². The van der Waals surface area contributed by atoms with Crippen LogP contribution in [0.25, 0.3) is 0 Å². The normalized spacial score (nSPS) is 27.4. The van der Waals surface area contributed by atoms with Crippen LogP contribution in [0.1, 0.15) is 35.7 Å². The van der Waals surface area contributed by atoms with Gasteiger partial charge < -0.3 is 15.5 Å². The Kier molecular flexibility index (Phi) is 4.15. The van der Waals surface area contributed by atoms with E-state index in [4.69, 9.17) is 0 Å². The summed E-state index contributed by atoms with van der Waals surface area (Å²) >= 11 is 0. The number of carbonyl (C=O) groups excluding carboxylic acids is 1. The zero-order valence-electron chi connectivity index (χ0n) is 13.0. The number of amides is 1. The Morgan fingerprint density at radius 1 is 1.33 bits per heavy atom. The van der Waals surface area contributed by atoms with Crippen LogP contribution in [-0.4, -0.2) is 43.0 Å². The van der Waals surface area contributed by atoms with E-state index < -0.39 is 0 Å². The number of rotatable bonds is 4. The van der Waals surface area contributed by atoms with Crippen molar-refractivity contribution in [1.82, 2.24) is 10.2 Å². The maximum absolute atomic E-state index is 11.9. The number of hydrogen-bond donors (Lipinski definition) is 2. The summed E-state index contributed by atoms with van der Waals surface area (Å²) in [7, 11) is 0. The van der Waals surface area contributed by atoms with Gasteiger partial charge in [0.15, 0.2) is 0 Å². The van der Waals surface area contributed by atoms with Gasteiger partial charge in [0.2, 0.25) is 0 Å². The molecule has 2 saturated heterocycles. The van der Waals surface area contributed by atoms with Crippen molar-refractivity contribution in [3.8, 4) is 0 Å². The van der Waals surface area contributed by atoms with Crippen LogP contribution in [0.3, 0.4) is 0 Å². The summed E-state index contributed by atoms with van der Waals surface area (Å²) in [5.74, 6) is 0.789. The van der Waals surface area contributed by atoms with Gasteiger partial charge in [0.1, 0.15) is 0 Å². The van der Waals surface area contributed by atoms with Crippen molar-refractivity contribution >= 4 is 11.6 Å². The maximum atomic E-state index is 11.9. The average molecular weight is 287 g/mol. The van der Waals surface area contributed by atoms with E-state index in [-0.39, 0.29) is 5.91 Å². The molecular weight excluding hydrogens is 262 g/mol. The number of fused-ring (bicyclic) bond motifs is 2. The van der Waals surface area contributed by atoms with E-state index in [1.165, 1.54) is 38.2 Å². The number of benzene rings is 1. The molecule has 1 aromatic rings. The van der Waals surface area contributed by atoms with Crippen molar-refractivity contribution in [3.63, 3.8) is 0 Å². The van der Waals surface area contributed by atoms with E-state index in [0.29, 0.717) is 12.6 Å². The lowest BCUT2D eigenvalue weighted by Gasteiger charge is -2.32. The first kappa shape index (κ1) is 14.4. The first-order valence-corrected chi connectivity index (χ1v) is 8.05. The summed E-state index contributed by atoms with van der Waals surface area (Å²) in [6.07, 6.45) is 2.54. The number of carbonyl (C=O) groups is 1. The van der Waals surface area contributed by atoms with Crippen molar-refractivity contribution in [2.75, 3.05) is 31.5 Å². The number of nitrogens with zero attached hydrogens (tertiary/aromatic N) is 1. The third-order valence-electron chi connectivity index (χ3n) is 4.80. The number of anilines is 1. The first-order valence-electron chi connectivity index (χ1n) is 8.05. The molecule has 3 unspecified atom stereocenters. The Hall–Kier alpha value is -1.55. The summed E-state index contributed by atoms with van der Waals surface area (Å²) in [5.41, 5.74) is 3.07. The number of piperidine rings is 1. The van der Waals surface area contributed by atoms with E-state index in [2.05, 4.69) is 28.5 Å². The van der Waals surface area contributed by atoms with Crippen LogP contribution >= 0.6 is 0 Å². The Labute approximate surface area is 126 Å². The minimum absolute atomic E-state index is 0.0104. The molecule has 0 radical (unpaired) electrons. The molecule has 1 aromatic carbocycles. The molecule has 1 amide bonds. The van der Waals surface area contributed by atoms with Crippen LogP contribution in [0.4, 0.5) is 5.69 Å². The maximum Gasteiger partial charge on any atom is 0.251 e. The van der Waals surface area contributed by atoms with Gasteiger partial charge in [-0.2, -0.15) is 0 Å². The highest BCUT2D eigenvalue weighted by Gasteiger charge is 2.34. The van der Waals surface area contributed by atoms with Gasteiger partial charge in [-0.3, -0.25) is 4.79 Å². The van der Waals surface area contributed by atoms with Crippen LogP contribution in [0.2, 0.25) is 0 Å². The van der Waals surface area contributed by atoms with Crippen molar-refractivity contribution < 1.29 is 4.79 Å². The minimum atomic E-state index is 0.0104. The zero-order valence-corrected chi connectivity index (χ0v) is 13.0. The van der Waals surface area contributed by atoms with Crippen molar-refractivity contribution in [2.45, 2.75) is 32.7 Å². The van der Waals surface area contributed by atoms with Gasteiger partial charge in [0, 0.05) is 36.9 Å². The summed E-state index contributed by atoms with van der Waals surface area (Å²) in [5, 5.41) is 6.56. The minimum Gasteiger partial charge on any atom is -0.382 e. The summed E-state index contributed by atoms with van der Waals surface area (Å²) < 4.78 is 0. The van der Waals surface area contributed by atoms with E-state index >= 15 is 0 Å². The smallest absolute Gasteiger partial charge is 0.251 e. The lowest BCUT2D eigenvalue weighted by molar-refractivity contribution is 0.0956. The van der Waals surface area contributed by atoms with Gasteiger partial charge in [-0.15, -0.1) is 0 Å². The molecule has 114 valence electrons. The molecule has 2 aliphatic heterocycles. The third kappa shape index (κ3) is 3.05. The monoisotopic (exact) mass is 287 g/mol. The molecule has 3 rings (SSSR count). The van der Waals surface area contributed by atoms with Gasteiger partial charge in [0.25, 0.3) is 5.91 Å². The molecule has 2 heterocycles. The van der Waals surface area contributed by atoms with E-state index in [0.717, 1.165) is 17.0 Å². The van der Waals surface area contributed by atoms with E-state index in [1.54, 1.807) is 0 Å². The highest BCUT2D eigenvalue weighted by molar-refractivity contribution is 5.94. The summed E-state index contributed by atoms with van der Waals surface area (Å²) in [6.45, 7) is 8.40. The van der Waals surface area contributed by atoms with E-state index in [9.17, 15) is 4.79 Å². The summed E-state index contributed by atoms with van der Waals surface area (Å²) in [6, 6.07) is 6.54. The van der Waals surface area contributed by atoms with Crippen LogP contribution in [0.15, 0.2) is 18.2 Å². The molecular formula is C17H25N3O. The first-order chi connectivity index (χ1) is 10.2. The second-order valence-corrected chi connectivity index (χ2v) is 6.28. The number of aryl methyl sites for hydroxylation is 1. The fourth-order valence-corrected chi connectivity index (χ4v) is 3.57. The standard InChI is InChI=1S/C17H25N3O/c1-3-18-17(21)13-4-5-15(12(2)10-13)19-16-7-9-20-8-6-14(16)11-20/h4-5,10,14,16,19H,3,6-9,11H2,1-2H3,(H,18,21). The van der Waals surface area contributed by atoms with Crippen LogP contribution in [0, 0.1) is 12.8 Å². The lowest BCUT2D eigenvalue weighted by atomic mass is 9.93. The van der Waals surface area contributed by atoms with Gasteiger partial charge in [-0.25, -0.2) is 0 Å². The zero-order chi connectivity index (χ0) is 14.8. The Morgan fingerprint density at radius 3 is 2.90 bits per heavy atom. The second-order valence-electron chi connectivity index (χ2n) is 6.28. The van der Waals surface area contributed by atoms with Crippen molar-refractivity contribution in [2.24, 2.45) is 5.92 Å². The highest BCUT2D eigenvalue weighted by Crippen LogP contribution is 2.30. The quantitative estimate of drug-likeness (QED) is 0.893.